The fraction of sp³-hybridized carbons (Fsp3) is 0.500. The molecule has 3 aliphatic carbocycles. The van der Waals surface area contributed by atoms with E-state index in [0.29, 0.717) is 43.1 Å². The number of benzene rings is 2. The van der Waals surface area contributed by atoms with Gasteiger partial charge >= 0.3 is 0 Å². The lowest BCUT2D eigenvalue weighted by atomic mass is 9.49. The predicted molar refractivity (Wildman–Crippen MR) is 150 cm³/mol. The van der Waals surface area contributed by atoms with E-state index < -0.39 is 0 Å². The summed E-state index contributed by atoms with van der Waals surface area (Å²) in [4.78, 5) is 32.5. The average molecular weight is 516 g/mol. The Morgan fingerprint density at radius 1 is 0.974 bits per heavy atom. The van der Waals surface area contributed by atoms with Crippen LogP contribution in [0.5, 0.6) is 5.75 Å². The summed E-state index contributed by atoms with van der Waals surface area (Å²) in [7, 11) is 0. The number of amides is 2. The molecule has 1 heterocycles. The molecule has 0 aromatic heterocycles. The number of ether oxygens (including phenoxy) is 1. The summed E-state index contributed by atoms with van der Waals surface area (Å²) in [5, 5.41) is 0. The fourth-order valence-electron chi connectivity index (χ4n) is 6.29. The number of allylic oxidation sites excluding steroid dienone is 1. The predicted octanol–water partition coefficient (Wildman–Crippen LogP) is 4.27. The number of fused-ring (bicyclic) bond motifs is 1. The zero-order chi connectivity index (χ0) is 26.5. The van der Waals surface area contributed by atoms with Crippen molar-refractivity contribution in [3.8, 4) is 5.75 Å². The molecule has 1 saturated carbocycles. The second-order valence-electron chi connectivity index (χ2n) is 11.6. The number of rotatable bonds is 10. The van der Waals surface area contributed by atoms with E-state index in [4.69, 9.17) is 4.74 Å². The van der Waals surface area contributed by atoms with Crippen molar-refractivity contribution in [1.29, 1.82) is 0 Å². The van der Waals surface area contributed by atoms with Crippen LogP contribution in [0, 0.1) is 17.3 Å². The normalized spacial score (nSPS) is 22.3. The van der Waals surface area contributed by atoms with Crippen LogP contribution in [0.2, 0.25) is 0 Å². The van der Waals surface area contributed by atoms with Gasteiger partial charge in [-0.3, -0.25) is 14.5 Å². The first-order valence-electron chi connectivity index (χ1n) is 14.1. The zero-order valence-corrected chi connectivity index (χ0v) is 22.9. The van der Waals surface area contributed by atoms with Gasteiger partial charge in [0.1, 0.15) is 5.75 Å². The highest BCUT2D eigenvalue weighted by molar-refractivity contribution is 5.79. The van der Waals surface area contributed by atoms with Crippen molar-refractivity contribution in [2.24, 2.45) is 17.3 Å². The Balaban J connectivity index is 1.14. The average Bonchev–Trinajstić information content (AvgIpc) is 2.95. The van der Waals surface area contributed by atoms with Gasteiger partial charge in [0.25, 0.3) is 5.91 Å². The number of piperazine rings is 1. The van der Waals surface area contributed by atoms with Crippen molar-refractivity contribution in [1.82, 2.24) is 14.7 Å². The maximum Gasteiger partial charge on any atom is 0.260 e. The molecule has 0 N–H and O–H groups in total. The molecule has 2 amide bonds. The first-order chi connectivity index (χ1) is 18.4. The topological polar surface area (TPSA) is 53.1 Å². The highest BCUT2D eigenvalue weighted by Crippen LogP contribution is 2.59. The van der Waals surface area contributed by atoms with E-state index in [-0.39, 0.29) is 18.4 Å². The highest BCUT2D eigenvalue weighted by Gasteiger charge is 2.51. The quantitative estimate of drug-likeness (QED) is 0.444. The van der Waals surface area contributed by atoms with Crippen molar-refractivity contribution in [2.45, 2.75) is 33.1 Å². The van der Waals surface area contributed by atoms with Crippen molar-refractivity contribution in [3.63, 3.8) is 0 Å². The van der Waals surface area contributed by atoms with Crippen LogP contribution < -0.4 is 4.74 Å². The van der Waals surface area contributed by atoms with E-state index in [9.17, 15) is 9.59 Å². The Morgan fingerprint density at radius 2 is 1.66 bits per heavy atom. The van der Waals surface area contributed by atoms with E-state index in [1.807, 2.05) is 65.6 Å². The maximum absolute atomic E-state index is 13.5. The van der Waals surface area contributed by atoms with E-state index in [2.05, 4.69) is 29.7 Å². The van der Waals surface area contributed by atoms with Gasteiger partial charge in [0.15, 0.2) is 6.61 Å². The van der Waals surface area contributed by atoms with E-state index >= 15 is 0 Å². The first kappa shape index (κ1) is 26.5. The zero-order valence-electron chi connectivity index (χ0n) is 22.9. The number of hydrogen-bond donors (Lipinski definition) is 0. The van der Waals surface area contributed by atoms with Crippen LogP contribution in [0.1, 0.15) is 32.3 Å². The Bertz CT molecular complexity index is 1120. The number of nitrogens with zero attached hydrogens (tertiary/aromatic N) is 3. The first-order valence-corrected chi connectivity index (χ1v) is 14.1. The highest BCUT2D eigenvalue weighted by atomic mass is 16.5. The van der Waals surface area contributed by atoms with Crippen LogP contribution in [0.3, 0.4) is 0 Å². The minimum absolute atomic E-state index is 0.0267. The number of hydrogen-bond acceptors (Lipinski definition) is 4. The lowest BCUT2D eigenvalue weighted by Crippen LogP contribution is -2.53. The Labute approximate surface area is 227 Å². The summed E-state index contributed by atoms with van der Waals surface area (Å²) >= 11 is 0. The second kappa shape index (κ2) is 11.7. The molecule has 2 bridgehead atoms. The second-order valence-corrected chi connectivity index (χ2v) is 11.6. The molecule has 0 radical (unpaired) electrons. The molecule has 2 fully saturated rings. The van der Waals surface area contributed by atoms with Gasteiger partial charge in [0.05, 0.1) is 6.42 Å². The Hall–Kier alpha value is -3.12. The van der Waals surface area contributed by atoms with Crippen molar-refractivity contribution in [2.75, 3.05) is 52.4 Å². The Kier molecular flexibility index (Phi) is 8.18. The van der Waals surface area contributed by atoms with Gasteiger partial charge in [-0.05, 0) is 47.8 Å². The maximum atomic E-state index is 13.5. The molecule has 1 aliphatic heterocycles. The third kappa shape index (κ3) is 6.12. The summed E-state index contributed by atoms with van der Waals surface area (Å²) in [5.74, 6) is 2.33. The van der Waals surface area contributed by atoms with Crippen LogP contribution >= 0.6 is 0 Å². The molecule has 2 aromatic rings. The SMILES string of the molecule is CC1(C)C2CC=C(CN(CCN3CCN(C(=O)COc4ccccc4)CC3)C(=O)Cc3ccccc3)C1C2. The number of carbonyl (C=O) groups is 2. The van der Waals surface area contributed by atoms with Crippen molar-refractivity contribution >= 4 is 11.8 Å². The summed E-state index contributed by atoms with van der Waals surface area (Å²) in [6.45, 7) is 10.1. The standard InChI is InChI=1S/C32H41N3O3/c1-32(2)27-14-13-26(29(32)22-27)23-35(30(36)21-25-9-5-3-6-10-25)20-17-33-15-18-34(19-16-33)31(37)24-38-28-11-7-4-8-12-28/h3-13,27,29H,14-24H2,1-2H3. The lowest BCUT2D eigenvalue weighted by molar-refractivity contribution is -0.135. The molecule has 2 unspecified atom stereocenters. The van der Waals surface area contributed by atoms with E-state index in [0.717, 1.165) is 44.1 Å². The molecule has 1 saturated heterocycles. The summed E-state index contributed by atoms with van der Waals surface area (Å²) in [6.07, 6.45) is 5.26. The van der Waals surface area contributed by atoms with Crippen LogP contribution in [0.15, 0.2) is 72.3 Å². The monoisotopic (exact) mass is 515 g/mol. The molecule has 6 nitrogen and oxygen atoms in total. The van der Waals surface area contributed by atoms with Crippen molar-refractivity contribution < 1.29 is 14.3 Å². The van der Waals surface area contributed by atoms with Gasteiger partial charge < -0.3 is 14.5 Å². The number of carbonyl (C=O) groups excluding carboxylic acids is 2. The molecule has 0 spiro atoms. The van der Waals surface area contributed by atoms with Gasteiger partial charge in [-0.2, -0.15) is 0 Å². The molecular formula is C32H41N3O3. The van der Waals surface area contributed by atoms with Crippen molar-refractivity contribution in [3.05, 3.63) is 77.9 Å². The van der Waals surface area contributed by atoms with E-state index in [1.54, 1.807) is 0 Å². The summed E-state index contributed by atoms with van der Waals surface area (Å²) in [6, 6.07) is 19.5. The molecule has 2 atom stereocenters. The lowest BCUT2D eigenvalue weighted by Gasteiger charge is -2.57. The van der Waals surface area contributed by atoms with Crippen LogP contribution in [-0.2, 0) is 16.0 Å². The largest absolute Gasteiger partial charge is 0.484 e. The third-order valence-electron chi connectivity index (χ3n) is 9.02. The fourth-order valence-corrected chi connectivity index (χ4v) is 6.29. The summed E-state index contributed by atoms with van der Waals surface area (Å²) < 4.78 is 5.65. The van der Waals surface area contributed by atoms with Gasteiger partial charge in [0.2, 0.25) is 5.91 Å². The van der Waals surface area contributed by atoms with Crippen LogP contribution in [0.25, 0.3) is 0 Å². The van der Waals surface area contributed by atoms with E-state index in [1.165, 1.54) is 12.0 Å². The third-order valence-corrected chi connectivity index (χ3v) is 9.02. The smallest absolute Gasteiger partial charge is 0.260 e. The molecule has 2 aromatic carbocycles. The molecule has 6 rings (SSSR count). The molecule has 6 heteroatoms. The molecule has 4 aliphatic rings. The summed E-state index contributed by atoms with van der Waals surface area (Å²) in [5.41, 5.74) is 2.87. The van der Waals surface area contributed by atoms with Gasteiger partial charge in [-0.1, -0.05) is 74.0 Å². The van der Waals surface area contributed by atoms with Crippen LogP contribution in [-0.4, -0.2) is 78.9 Å². The Morgan fingerprint density at radius 3 is 2.32 bits per heavy atom. The molecule has 202 valence electrons. The van der Waals surface area contributed by atoms with Crippen LogP contribution in [0.4, 0.5) is 0 Å². The van der Waals surface area contributed by atoms with Gasteiger partial charge in [0, 0.05) is 45.8 Å². The minimum atomic E-state index is 0.0267. The van der Waals surface area contributed by atoms with Gasteiger partial charge in [-0.15, -0.1) is 0 Å². The minimum Gasteiger partial charge on any atom is -0.484 e. The number of para-hydroxylation sites is 1. The van der Waals surface area contributed by atoms with Gasteiger partial charge in [-0.25, -0.2) is 0 Å². The molecule has 38 heavy (non-hydrogen) atoms. The molecular weight excluding hydrogens is 474 g/mol.